The fraction of sp³-hybridized carbons (Fsp3) is 0.667. The average Bonchev–Trinajstić information content (AvgIpc) is 2.64. The van der Waals surface area contributed by atoms with Crippen LogP contribution in [0.15, 0.2) is 18.3 Å². The molecule has 0 unspecified atom stereocenters. The van der Waals surface area contributed by atoms with Crippen molar-refractivity contribution in [2.24, 2.45) is 11.1 Å². The molecular weight excluding hydrogens is 186 g/mol. The highest BCUT2D eigenvalue weighted by Crippen LogP contribution is 2.40. The highest BCUT2D eigenvalue weighted by molar-refractivity contribution is 5.03. The molecule has 1 saturated carbocycles. The van der Waals surface area contributed by atoms with Crippen molar-refractivity contribution < 1.29 is 0 Å². The van der Waals surface area contributed by atoms with Gasteiger partial charge in [0.25, 0.3) is 0 Å². The molecule has 3 nitrogen and oxygen atoms in total. The summed E-state index contributed by atoms with van der Waals surface area (Å²) in [5.74, 6) is 0. The summed E-state index contributed by atoms with van der Waals surface area (Å²) in [5, 5.41) is 0. The molecule has 1 aliphatic carbocycles. The molecule has 0 spiro atoms. The van der Waals surface area contributed by atoms with Crippen LogP contribution >= 0.6 is 0 Å². The van der Waals surface area contributed by atoms with E-state index in [4.69, 9.17) is 5.73 Å². The predicted octanol–water partition coefficient (Wildman–Crippen LogP) is 1.58. The summed E-state index contributed by atoms with van der Waals surface area (Å²) in [6.45, 7) is 2.96. The molecule has 1 fully saturated rings. The van der Waals surface area contributed by atoms with Crippen LogP contribution < -0.4 is 5.73 Å². The Morgan fingerprint density at radius 1 is 1.53 bits per heavy atom. The molecule has 0 aliphatic heterocycles. The van der Waals surface area contributed by atoms with Gasteiger partial charge in [-0.05, 0) is 44.0 Å². The first kappa shape index (κ1) is 10.7. The minimum atomic E-state index is 0.418. The lowest BCUT2D eigenvalue weighted by Gasteiger charge is -2.43. The number of nitrogens with two attached hydrogens (primary N) is 1. The highest BCUT2D eigenvalue weighted by atomic mass is 15.1. The van der Waals surface area contributed by atoms with Gasteiger partial charge in [0.2, 0.25) is 0 Å². The van der Waals surface area contributed by atoms with Crippen molar-refractivity contribution in [3.05, 3.63) is 24.0 Å². The first-order chi connectivity index (χ1) is 7.24. The zero-order valence-corrected chi connectivity index (χ0v) is 9.50. The summed E-state index contributed by atoms with van der Waals surface area (Å²) in [4.78, 5) is 5.61. The predicted molar refractivity (Wildman–Crippen MR) is 62.5 cm³/mol. The second kappa shape index (κ2) is 4.37. The van der Waals surface area contributed by atoms with E-state index in [1.165, 1.54) is 25.0 Å². The van der Waals surface area contributed by atoms with Crippen LogP contribution in [0.2, 0.25) is 0 Å². The molecule has 0 atom stereocenters. The van der Waals surface area contributed by atoms with Gasteiger partial charge in [0.1, 0.15) is 0 Å². The third-order valence-electron chi connectivity index (χ3n) is 3.56. The zero-order chi connectivity index (χ0) is 10.7. The monoisotopic (exact) mass is 207 g/mol. The molecule has 3 heteroatoms. The topological polar surface area (TPSA) is 45.0 Å². The minimum absolute atomic E-state index is 0.418. The minimum Gasteiger partial charge on any atom is -0.364 e. The Morgan fingerprint density at radius 3 is 2.80 bits per heavy atom. The third-order valence-corrected chi connectivity index (χ3v) is 3.56. The number of aromatic nitrogens is 1. The second-order valence-electron chi connectivity index (χ2n) is 4.93. The Bertz CT molecular complexity index is 282. The number of H-pyrrole nitrogens is 1. The molecule has 1 aromatic heterocycles. The molecule has 0 bridgehead atoms. The van der Waals surface area contributed by atoms with Crippen LogP contribution in [0.5, 0.6) is 0 Å². The quantitative estimate of drug-likeness (QED) is 0.770. The van der Waals surface area contributed by atoms with Crippen molar-refractivity contribution in [1.29, 1.82) is 0 Å². The standard InChI is InChI=1S/C12H21N3/c1-15(8-11-4-2-7-14-11)10-12(9-13)5-3-6-12/h2,4,7,14H,3,5-6,8-10,13H2,1H3. The molecule has 1 aliphatic rings. The largest absolute Gasteiger partial charge is 0.364 e. The molecule has 0 aromatic carbocycles. The Balaban J connectivity index is 1.84. The summed E-state index contributed by atoms with van der Waals surface area (Å²) < 4.78 is 0. The maximum absolute atomic E-state index is 5.86. The van der Waals surface area contributed by atoms with Gasteiger partial charge in [0.05, 0.1) is 0 Å². The van der Waals surface area contributed by atoms with Gasteiger partial charge in [-0.25, -0.2) is 0 Å². The maximum Gasteiger partial charge on any atom is 0.0382 e. The molecule has 0 radical (unpaired) electrons. The lowest BCUT2D eigenvalue weighted by molar-refractivity contribution is 0.0840. The molecule has 84 valence electrons. The van der Waals surface area contributed by atoms with E-state index >= 15 is 0 Å². The van der Waals surface area contributed by atoms with Crippen molar-refractivity contribution in [1.82, 2.24) is 9.88 Å². The van der Waals surface area contributed by atoms with Gasteiger partial charge in [0.15, 0.2) is 0 Å². The van der Waals surface area contributed by atoms with Crippen LogP contribution in [-0.2, 0) is 6.54 Å². The van der Waals surface area contributed by atoms with E-state index in [2.05, 4.69) is 23.0 Å². The van der Waals surface area contributed by atoms with Gasteiger partial charge in [-0.15, -0.1) is 0 Å². The molecule has 1 heterocycles. The van der Waals surface area contributed by atoms with Gasteiger partial charge < -0.3 is 15.6 Å². The van der Waals surface area contributed by atoms with E-state index in [9.17, 15) is 0 Å². The van der Waals surface area contributed by atoms with E-state index < -0.39 is 0 Å². The fourth-order valence-corrected chi connectivity index (χ4v) is 2.49. The number of hydrogen-bond acceptors (Lipinski definition) is 2. The van der Waals surface area contributed by atoms with Crippen molar-refractivity contribution in [3.63, 3.8) is 0 Å². The van der Waals surface area contributed by atoms with Crippen LogP contribution in [0.25, 0.3) is 0 Å². The molecule has 0 amide bonds. The highest BCUT2D eigenvalue weighted by Gasteiger charge is 2.36. The molecule has 1 aromatic rings. The SMILES string of the molecule is CN(Cc1ccc[nH]1)CC1(CN)CCC1. The fourth-order valence-electron chi connectivity index (χ4n) is 2.49. The van der Waals surface area contributed by atoms with Crippen molar-refractivity contribution in [3.8, 4) is 0 Å². The maximum atomic E-state index is 5.86. The zero-order valence-electron chi connectivity index (χ0n) is 9.50. The molecule has 0 saturated heterocycles. The number of hydrogen-bond donors (Lipinski definition) is 2. The van der Waals surface area contributed by atoms with Crippen LogP contribution in [0, 0.1) is 5.41 Å². The number of aromatic amines is 1. The summed E-state index contributed by atoms with van der Waals surface area (Å²) in [6, 6.07) is 4.18. The van der Waals surface area contributed by atoms with E-state index in [1.54, 1.807) is 0 Å². The van der Waals surface area contributed by atoms with Crippen molar-refractivity contribution >= 4 is 0 Å². The van der Waals surface area contributed by atoms with Crippen LogP contribution in [-0.4, -0.2) is 30.0 Å². The number of nitrogens with zero attached hydrogens (tertiary/aromatic N) is 1. The van der Waals surface area contributed by atoms with E-state index in [0.717, 1.165) is 19.6 Å². The van der Waals surface area contributed by atoms with Gasteiger partial charge in [-0.2, -0.15) is 0 Å². The number of nitrogens with one attached hydrogen (secondary N) is 1. The average molecular weight is 207 g/mol. The molecule has 3 N–H and O–H groups in total. The molecule has 2 rings (SSSR count). The van der Waals surface area contributed by atoms with Gasteiger partial charge in [-0.3, -0.25) is 0 Å². The van der Waals surface area contributed by atoms with Gasteiger partial charge in [0, 0.05) is 25.0 Å². The lowest BCUT2D eigenvalue weighted by atomic mass is 9.68. The third kappa shape index (κ3) is 2.41. The summed E-state index contributed by atoms with van der Waals surface area (Å²) in [7, 11) is 2.18. The van der Waals surface area contributed by atoms with Crippen LogP contribution in [0.4, 0.5) is 0 Å². The first-order valence-electron chi connectivity index (χ1n) is 5.75. The van der Waals surface area contributed by atoms with Gasteiger partial charge in [-0.1, -0.05) is 6.42 Å². The van der Waals surface area contributed by atoms with Crippen molar-refractivity contribution in [2.75, 3.05) is 20.1 Å². The molecule has 15 heavy (non-hydrogen) atoms. The Morgan fingerprint density at radius 2 is 2.33 bits per heavy atom. The smallest absolute Gasteiger partial charge is 0.0382 e. The van der Waals surface area contributed by atoms with E-state index in [-0.39, 0.29) is 0 Å². The van der Waals surface area contributed by atoms with E-state index in [0.29, 0.717) is 5.41 Å². The summed E-state index contributed by atoms with van der Waals surface area (Å²) in [6.07, 6.45) is 5.94. The lowest BCUT2D eigenvalue weighted by Crippen LogP contribution is -2.45. The second-order valence-corrected chi connectivity index (χ2v) is 4.93. The summed E-state index contributed by atoms with van der Waals surface area (Å²) in [5.41, 5.74) is 7.56. The Kier molecular flexibility index (Phi) is 3.12. The first-order valence-corrected chi connectivity index (χ1v) is 5.75. The Hall–Kier alpha value is -0.800. The Labute approximate surface area is 91.7 Å². The van der Waals surface area contributed by atoms with E-state index in [1.807, 2.05) is 12.3 Å². The normalized spacial score (nSPS) is 19.1. The van der Waals surface area contributed by atoms with Gasteiger partial charge >= 0.3 is 0 Å². The number of rotatable bonds is 5. The summed E-state index contributed by atoms with van der Waals surface area (Å²) >= 11 is 0. The van der Waals surface area contributed by atoms with Crippen molar-refractivity contribution in [2.45, 2.75) is 25.8 Å². The van der Waals surface area contributed by atoms with Crippen LogP contribution in [0.1, 0.15) is 25.0 Å². The van der Waals surface area contributed by atoms with Crippen LogP contribution in [0.3, 0.4) is 0 Å². The molecular formula is C12H21N3.